The number of ketones is 1. The molecule has 76 valence electrons. The first kappa shape index (κ1) is 12.6. The average Bonchev–Trinajstić information content (AvgIpc) is 2.13. The Balaban J connectivity index is 0.000000252. The summed E-state index contributed by atoms with van der Waals surface area (Å²) in [5, 5.41) is 3.10. The molecule has 0 aromatic carbocycles. The van der Waals surface area contributed by atoms with Gasteiger partial charge in [-0.25, -0.2) is 0 Å². The van der Waals surface area contributed by atoms with E-state index in [1.165, 1.54) is 0 Å². The Morgan fingerprint density at radius 3 is 2.69 bits per heavy atom. The first-order valence-corrected chi connectivity index (χ1v) is 5.06. The number of alkyl halides is 1. The van der Waals surface area contributed by atoms with Crippen molar-refractivity contribution >= 4 is 28.2 Å². The Morgan fingerprint density at radius 1 is 1.77 bits per heavy atom. The molecule has 0 aliphatic carbocycles. The number of piperidine rings is 1. The SMILES string of the molecule is CCOC=O.O=C1CCNCC1Br. The van der Waals surface area contributed by atoms with Crippen LogP contribution in [0.3, 0.4) is 0 Å². The molecule has 5 heteroatoms. The molecule has 1 fully saturated rings. The molecule has 1 rings (SSSR count). The fourth-order valence-corrected chi connectivity index (χ4v) is 1.24. The molecule has 1 N–H and O–H groups in total. The summed E-state index contributed by atoms with van der Waals surface area (Å²) in [7, 11) is 0. The van der Waals surface area contributed by atoms with Crippen molar-refractivity contribution in [3.05, 3.63) is 0 Å². The van der Waals surface area contributed by atoms with Crippen LogP contribution in [0.5, 0.6) is 0 Å². The van der Waals surface area contributed by atoms with E-state index in [2.05, 4.69) is 26.0 Å². The molecule has 13 heavy (non-hydrogen) atoms. The van der Waals surface area contributed by atoms with Crippen LogP contribution in [0.1, 0.15) is 13.3 Å². The summed E-state index contributed by atoms with van der Waals surface area (Å²) in [5.41, 5.74) is 0. The Labute approximate surface area is 86.1 Å². The van der Waals surface area contributed by atoms with Gasteiger partial charge in [0.2, 0.25) is 0 Å². The first-order valence-electron chi connectivity index (χ1n) is 4.15. The van der Waals surface area contributed by atoms with Crippen LogP contribution in [0.2, 0.25) is 0 Å². The lowest BCUT2D eigenvalue weighted by molar-refractivity contribution is -0.128. The minimum Gasteiger partial charge on any atom is -0.468 e. The molecular formula is C8H14BrNO3. The third-order valence-corrected chi connectivity index (χ3v) is 2.29. The highest BCUT2D eigenvalue weighted by Gasteiger charge is 2.17. The summed E-state index contributed by atoms with van der Waals surface area (Å²) in [5.74, 6) is 0.323. The molecule has 0 saturated carbocycles. The standard InChI is InChI=1S/C5H8BrNO.C3H6O2/c6-4-3-7-2-1-5(4)8;1-2-5-3-4/h4,7H,1-3H2;3H,2H2,1H3. The van der Waals surface area contributed by atoms with Gasteiger partial charge in [-0.1, -0.05) is 15.9 Å². The monoisotopic (exact) mass is 251 g/mol. The number of hydrogen-bond acceptors (Lipinski definition) is 4. The molecule has 0 bridgehead atoms. The van der Waals surface area contributed by atoms with Crippen molar-refractivity contribution in [2.75, 3.05) is 19.7 Å². The van der Waals surface area contributed by atoms with Gasteiger partial charge < -0.3 is 10.1 Å². The Morgan fingerprint density at radius 2 is 2.46 bits per heavy atom. The fourth-order valence-electron chi connectivity index (χ4n) is 0.779. The van der Waals surface area contributed by atoms with Crippen molar-refractivity contribution in [2.24, 2.45) is 0 Å². The number of carbonyl (C=O) groups is 2. The van der Waals surface area contributed by atoms with Gasteiger partial charge in [-0.15, -0.1) is 0 Å². The van der Waals surface area contributed by atoms with E-state index in [4.69, 9.17) is 0 Å². The van der Waals surface area contributed by atoms with Gasteiger partial charge in [0.25, 0.3) is 6.47 Å². The lowest BCUT2D eigenvalue weighted by Gasteiger charge is -2.15. The maximum absolute atomic E-state index is 10.7. The fraction of sp³-hybridized carbons (Fsp3) is 0.750. The van der Waals surface area contributed by atoms with Crippen LogP contribution in [0.15, 0.2) is 0 Å². The molecule has 0 radical (unpaired) electrons. The normalized spacial score (nSPS) is 21.4. The number of Topliss-reactive ketones (excluding diaryl/α,β-unsaturated/α-hetero) is 1. The molecule has 0 aromatic rings. The molecule has 1 aliphatic heterocycles. The van der Waals surface area contributed by atoms with E-state index < -0.39 is 0 Å². The average molecular weight is 252 g/mol. The summed E-state index contributed by atoms with van der Waals surface area (Å²) >= 11 is 3.24. The zero-order valence-corrected chi connectivity index (χ0v) is 9.17. The van der Waals surface area contributed by atoms with Gasteiger partial charge in [-0.05, 0) is 6.92 Å². The first-order chi connectivity index (χ1) is 6.22. The van der Waals surface area contributed by atoms with Crippen molar-refractivity contribution in [3.63, 3.8) is 0 Å². The number of rotatable bonds is 2. The Kier molecular flexibility index (Phi) is 7.93. The molecular weight excluding hydrogens is 238 g/mol. The van der Waals surface area contributed by atoms with Gasteiger partial charge >= 0.3 is 0 Å². The summed E-state index contributed by atoms with van der Waals surface area (Å²) in [6, 6.07) is 0. The number of halogens is 1. The van der Waals surface area contributed by atoms with Crippen LogP contribution < -0.4 is 5.32 Å². The quantitative estimate of drug-likeness (QED) is 0.574. The van der Waals surface area contributed by atoms with E-state index >= 15 is 0 Å². The van der Waals surface area contributed by atoms with E-state index in [-0.39, 0.29) is 4.83 Å². The largest absolute Gasteiger partial charge is 0.468 e. The second-order valence-corrected chi connectivity index (χ2v) is 3.54. The van der Waals surface area contributed by atoms with Gasteiger partial charge in [0.1, 0.15) is 5.78 Å². The summed E-state index contributed by atoms with van der Waals surface area (Å²) in [6.45, 7) is 4.30. The van der Waals surface area contributed by atoms with Crippen molar-refractivity contribution in [2.45, 2.75) is 18.2 Å². The van der Waals surface area contributed by atoms with E-state index in [1.54, 1.807) is 6.92 Å². The molecule has 1 heterocycles. The predicted molar refractivity (Wildman–Crippen MR) is 52.9 cm³/mol. The highest BCUT2D eigenvalue weighted by atomic mass is 79.9. The van der Waals surface area contributed by atoms with Crippen molar-refractivity contribution < 1.29 is 14.3 Å². The second-order valence-electron chi connectivity index (χ2n) is 2.44. The molecule has 1 saturated heterocycles. The molecule has 0 spiro atoms. The molecule has 0 amide bonds. The van der Waals surface area contributed by atoms with Crippen LogP contribution >= 0.6 is 15.9 Å². The lowest BCUT2D eigenvalue weighted by atomic mass is 10.1. The molecule has 4 nitrogen and oxygen atoms in total. The minimum absolute atomic E-state index is 0.0660. The van der Waals surface area contributed by atoms with Crippen molar-refractivity contribution in [1.82, 2.24) is 5.32 Å². The van der Waals surface area contributed by atoms with E-state index in [0.29, 0.717) is 25.3 Å². The molecule has 1 unspecified atom stereocenters. The van der Waals surface area contributed by atoms with Crippen LogP contribution in [0.25, 0.3) is 0 Å². The van der Waals surface area contributed by atoms with Gasteiger partial charge in [-0.3, -0.25) is 9.59 Å². The van der Waals surface area contributed by atoms with E-state index in [0.717, 1.165) is 13.1 Å². The summed E-state index contributed by atoms with van der Waals surface area (Å²) in [4.78, 5) is 20.0. The minimum atomic E-state index is 0.0660. The van der Waals surface area contributed by atoms with Crippen LogP contribution in [-0.2, 0) is 14.3 Å². The molecule has 0 aromatic heterocycles. The number of nitrogens with one attached hydrogen (secondary N) is 1. The van der Waals surface area contributed by atoms with Crippen molar-refractivity contribution in [1.29, 1.82) is 0 Å². The topological polar surface area (TPSA) is 55.4 Å². The maximum Gasteiger partial charge on any atom is 0.293 e. The van der Waals surface area contributed by atoms with Crippen LogP contribution in [-0.4, -0.2) is 36.8 Å². The van der Waals surface area contributed by atoms with Gasteiger partial charge in [-0.2, -0.15) is 0 Å². The zero-order valence-electron chi connectivity index (χ0n) is 7.59. The van der Waals surface area contributed by atoms with Gasteiger partial charge in [0, 0.05) is 19.5 Å². The van der Waals surface area contributed by atoms with E-state index in [1.807, 2.05) is 0 Å². The summed E-state index contributed by atoms with van der Waals surface area (Å²) in [6.07, 6.45) is 0.677. The number of hydrogen-bond donors (Lipinski definition) is 1. The second kappa shape index (κ2) is 8.19. The molecule has 1 atom stereocenters. The lowest BCUT2D eigenvalue weighted by Crippen LogP contribution is -2.37. The highest BCUT2D eigenvalue weighted by molar-refractivity contribution is 9.10. The zero-order chi connectivity index (χ0) is 10.1. The van der Waals surface area contributed by atoms with Crippen LogP contribution in [0, 0.1) is 0 Å². The highest BCUT2D eigenvalue weighted by Crippen LogP contribution is 2.05. The number of ether oxygens (including phenoxy) is 1. The van der Waals surface area contributed by atoms with E-state index in [9.17, 15) is 9.59 Å². The smallest absolute Gasteiger partial charge is 0.293 e. The number of carbonyl (C=O) groups excluding carboxylic acids is 2. The van der Waals surface area contributed by atoms with Gasteiger partial charge in [0.15, 0.2) is 0 Å². The molecule has 1 aliphatic rings. The Bertz CT molecular complexity index is 163. The predicted octanol–water partition coefficient (Wildman–Crippen LogP) is 0.492. The van der Waals surface area contributed by atoms with Crippen molar-refractivity contribution in [3.8, 4) is 0 Å². The van der Waals surface area contributed by atoms with Crippen LogP contribution in [0.4, 0.5) is 0 Å². The third kappa shape index (κ3) is 6.72. The maximum atomic E-state index is 10.7. The Hall–Kier alpha value is -0.420. The van der Waals surface area contributed by atoms with Gasteiger partial charge in [0.05, 0.1) is 11.4 Å². The third-order valence-electron chi connectivity index (χ3n) is 1.46. The summed E-state index contributed by atoms with van der Waals surface area (Å²) < 4.78 is 4.15.